The number of anilines is 1. The minimum atomic E-state index is -0.160. The Labute approximate surface area is 197 Å². The van der Waals surface area contributed by atoms with Gasteiger partial charge in [-0.05, 0) is 65.8 Å². The molecule has 0 saturated carbocycles. The van der Waals surface area contributed by atoms with Crippen molar-refractivity contribution in [2.45, 2.75) is 59.5 Å². The van der Waals surface area contributed by atoms with Gasteiger partial charge in [-0.25, -0.2) is 0 Å². The Morgan fingerprint density at radius 2 is 1.61 bits per heavy atom. The lowest BCUT2D eigenvalue weighted by atomic mass is 9.86. The van der Waals surface area contributed by atoms with Crippen molar-refractivity contribution in [1.82, 2.24) is 0 Å². The summed E-state index contributed by atoms with van der Waals surface area (Å²) in [6.45, 7) is 13.6. The summed E-state index contributed by atoms with van der Waals surface area (Å²) < 4.78 is 12.0. The van der Waals surface area contributed by atoms with Crippen LogP contribution in [0.3, 0.4) is 0 Å². The predicted octanol–water partition coefficient (Wildman–Crippen LogP) is 7.34. The number of amides is 1. The molecule has 0 aliphatic carbocycles. The topological polar surface area (TPSA) is 47.6 Å². The highest BCUT2D eigenvalue weighted by atomic mass is 16.5. The number of para-hydroxylation sites is 1. The lowest BCUT2D eigenvalue weighted by molar-refractivity contribution is 0.102. The lowest BCUT2D eigenvalue weighted by Crippen LogP contribution is -2.14. The average molecular weight is 446 g/mol. The van der Waals surface area contributed by atoms with Gasteiger partial charge in [-0.3, -0.25) is 4.79 Å². The fourth-order valence-electron chi connectivity index (χ4n) is 3.65. The first kappa shape index (κ1) is 24.4. The number of carbonyl (C=O) groups excluding carboxylic acids is 1. The number of hydrogen-bond acceptors (Lipinski definition) is 3. The van der Waals surface area contributed by atoms with E-state index in [-0.39, 0.29) is 11.3 Å². The van der Waals surface area contributed by atoms with Crippen LogP contribution < -0.4 is 14.8 Å². The highest BCUT2D eigenvalue weighted by Crippen LogP contribution is 2.32. The van der Waals surface area contributed by atoms with E-state index in [0.29, 0.717) is 24.7 Å². The molecule has 1 amide bonds. The summed E-state index contributed by atoms with van der Waals surface area (Å²) in [4.78, 5) is 12.9. The van der Waals surface area contributed by atoms with E-state index in [1.165, 1.54) is 5.56 Å². The average Bonchev–Trinajstić information content (AvgIpc) is 2.78. The first-order valence-corrected chi connectivity index (χ1v) is 11.6. The molecule has 3 aromatic rings. The molecule has 0 heterocycles. The van der Waals surface area contributed by atoms with Crippen LogP contribution in [0.15, 0.2) is 66.7 Å². The summed E-state index contributed by atoms with van der Waals surface area (Å²) in [6, 6.07) is 21.5. The number of hydrogen-bond donors (Lipinski definition) is 1. The molecule has 0 fully saturated rings. The maximum atomic E-state index is 12.9. The number of carbonyl (C=O) groups is 1. The molecule has 0 atom stereocenters. The summed E-state index contributed by atoms with van der Waals surface area (Å²) in [6.07, 6.45) is 0. The summed E-state index contributed by atoms with van der Waals surface area (Å²) >= 11 is 0. The second-order valence-corrected chi connectivity index (χ2v) is 9.52. The van der Waals surface area contributed by atoms with Gasteiger partial charge in [0.1, 0.15) is 18.1 Å². The number of nitrogens with one attached hydrogen (secondary N) is 1. The van der Waals surface area contributed by atoms with Gasteiger partial charge < -0.3 is 14.8 Å². The molecule has 0 radical (unpaired) electrons. The molecular weight excluding hydrogens is 410 g/mol. The Morgan fingerprint density at radius 1 is 0.909 bits per heavy atom. The molecule has 174 valence electrons. The van der Waals surface area contributed by atoms with Gasteiger partial charge in [-0.15, -0.1) is 0 Å². The van der Waals surface area contributed by atoms with Gasteiger partial charge in [0, 0.05) is 16.8 Å². The van der Waals surface area contributed by atoms with Crippen LogP contribution in [-0.4, -0.2) is 12.5 Å². The first-order chi connectivity index (χ1) is 15.7. The largest absolute Gasteiger partial charge is 0.493 e. The maximum Gasteiger partial charge on any atom is 0.255 e. The van der Waals surface area contributed by atoms with Gasteiger partial charge in [0.25, 0.3) is 5.91 Å². The van der Waals surface area contributed by atoms with E-state index in [4.69, 9.17) is 9.47 Å². The minimum absolute atomic E-state index is 0.0355. The molecule has 4 heteroatoms. The van der Waals surface area contributed by atoms with E-state index in [1.807, 2.05) is 61.5 Å². The Balaban J connectivity index is 1.80. The molecule has 0 aliphatic heterocycles. The molecule has 0 unspecified atom stereocenters. The third kappa shape index (κ3) is 6.38. The standard InChI is InChI=1S/C29H35NO3/c1-7-32-26-17-14-22(28(31)30-24-15-12-21(13-16-24)20(2)3)18-23(26)19-33-27-11-9-8-10-25(27)29(4,5)6/h8-18,20H,7,19H2,1-6H3,(H,30,31). The summed E-state index contributed by atoms with van der Waals surface area (Å²) in [5.74, 6) is 1.86. The van der Waals surface area contributed by atoms with Crippen LogP contribution in [0.5, 0.6) is 11.5 Å². The smallest absolute Gasteiger partial charge is 0.255 e. The Hall–Kier alpha value is -3.27. The van der Waals surface area contributed by atoms with Crippen molar-refractivity contribution >= 4 is 11.6 Å². The van der Waals surface area contributed by atoms with E-state index >= 15 is 0 Å². The fourth-order valence-corrected chi connectivity index (χ4v) is 3.65. The van der Waals surface area contributed by atoms with Crippen molar-refractivity contribution in [3.8, 4) is 11.5 Å². The van der Waals surface area contributed by atoms with Gasteiger partial charge in [-0.2, -0.15) is 0 Å². The van der Waals surface area contributed by atoms with Crippen LogP contribution in [0.2, 0.25) is 0 Å². The van der Waals surface area contributed by atoms with Crippen LogP contribution in [0.25, 0.3) is 0 Å². The van der Waals surface area contributed by atoms with E-state index in [2.05, 4.69) is 46.0 Å². The van der Waals surface area contributed by atoms with Crippen LogP contribution in [0.4, 0.5) is 5.69 Å². The molecule has 0 spiro atoms. The Bertz CT molecular complexity index is 1080. The monoisotopic (exact) mass is 445 g/mol. The van der Waals surface area contributed by atoms with Crippen LogP contribution >= 0.6 is 0 Å². The molecule has 0 aliphatic rings. The number of rotatable bonds is 8. The van der Waals surface area contributed by atoms with Crippen LogP contribution in [0.1, 0.15) is 74.5 Å². The van der Waals surface area contributed by atoms with Crippen molar-refractivity contribution < 1.29 is 14.3 Å². The molecule has 4 nitrogen and oxygen atoms in total. The minimum Gasteiger partial charge on any atom is -0.493 e. The molecule has 33 heavy (non-hydrogen) atoms. The van der Waals surface area contributed by atoms with E-state index < -0.39 is 0 Å². The van der Waals surface area contributed by atoms with Crippen molar-refractivity contribution in [3.63, 3.8) is 0 Å². The molecule has 3 rings (SSSR count). The van der Waals surface area contributed by atoms with Gasteiger partial charge in [-0.1, -0.05) is 65.0 Å². The van der Waals surface area contributed by atoms with E-state index in [0.717, 1.165) is 28.3 Å². The SMILES string of the molecule is CCOc1ccc(C(=O)Nc2ccc(C(C)C)cc2)cc1COc1ccccc1C(C)(C)C. The normalized spacial score (nSPS) is 11.4. The Kier molecular flexibility index (Phi) is 7.80. The van der Waals surface area contributed by atoms with E-state index in [9.17, 15) is 4.79 Å². The van der Waals surface area contributed by atoms with Crippen LogP contribution in [0, 0.1) is 0 Å². The molecule has 1 N–H and O–H groups in total. The quantitative estimate of drug-likeness (QED) is 0.395. The van der Waals surface area contributed by atoms with E-state index in [1.54, 1.807) is 6.07 Å². The van der Waals surface area contributed by atoms with Gasteiger partial charge in [0.2, 0.25) is 0 Å². The Morgan fingerprint density at radius 3 is 2.24 bits per heavy atom. The number of ether oxygens (including phenoxy) is 2. The molecule has 0 saturated heterocycles. The van der Waals surface area contributed by atoms with Crippen molar-refractivity contribution in [2.24, 2.45) is 0 Å². The summed E-state index contributed by atoms with van der Waals surface area (Å²) in [5.41, 5.74) is 4.52. The number of benzene rings is 3. The maximum absolute atomic E-state index is 12.9. The van der Waals surface area contributed by atoms with Gasteiger partial charge in [0.05, 0.1) is 6.61 Å². The zero-order valence-corrected chi connectivity index (χ0v) is 20.6. The molecule has 3 aromatic carbocycles. The third-order valence-electron chi connectivity index (χ3n) is 5.54. The summed E-state index contributed by atoms with van der Waals surface area (Å²) in [5, 5.41) is 2.99. The molecule has 0 aromatic heterocycles. The second-order valence-electron chi connectivity index (χ2n) is 9.52. The third-order valence-corrected chi connectivity index (χ3v) is 5.54. The predicted molar refractivity (Wildman–Crippen MR) is 136 cm³/mol. The molecular formula is C29H35NO3. The zero-order chi connectivity index (χ0) is 24.0. The van der Waals surface area contributed by atoms with Crippen molar-refractivity contribution in [3.05, 3.63) is 89.0 Å². The molecule has 0 bridgehead atoms. The highest BCUT2D eigenvalue weighted by Gasteiger charge is 2.19. The van der Waals surface area contributed by atoms with Crippen molar-refractivity contribution in [2.75, 3.05) is 11.9 Å². The lowest BCUT2D eigenvalue weighted by Gasteiger charge is -2.23. The first-order valence-electron chi connectivity index (χ1n) is 11.6. The summed E-state index contributed by atoms with van der Waals surface area (Å²) in [7, 11) is 0. The van der Waals surface area contributed by atoms with Gasteiger partial charge >= 0.3 is 0 Å². The highest BCUT2D eigenvalue weighted by molar-refractivity contribution is 6.04. The second kappa shape index (κ2) is 10.6. The van der Waals surface area contributed by atoms with Crippen LogP contribution in [-0.2, 0) is 12.0 Å². The zero-order valence-electron chi connectivity index (χ0n) is 20.6. The fraction of sp³-hybridized carbons (Fsp3) is 0.345. The van der Waals surface area contributed by atoms with Crippen molar-refractivity contribution in [1.29, 1.82) is 0 Å². The van der Waals surface area contributed by atoms with Gasteiger partial charge in [0.15, 0.2) is 0 Å².